The van der Waals surface area contributed by atoms with E-state index < -0.39 is 18.2 Å². The lowest BCUT2D eigenvalue weighted by Gasteiger charge is -2.31. The molecule has 1 aliphatic heterocycles. The lowest BCUT2D eigenvalue weighted by Crippen LogP contribution is -2.45. The van der Waals surface area contributed by atoms with E-state index in [2.05, 4.69) is 5.32 Å². The summed E-state index contributed by atoms with van der Waals surface area (Å²) in [4.78, 5) is 24.4. The fourth-order valence-electron chi connectivity index (χ4n) is 2.41. The topological polar surface area (TPSA) is 69.6 Å². The van der Waals surface area contributed by atoms with E-state index in [-0.39, 0.29) is 5.91 Å². The van der Waals surface area contributed by atoms with Crippen LogP contribution in [0.15, 0.2) is 18.2 Å². The summed E-state index contributed by atoms with van der Waals surface area (Å²) in [5, 5.41) is 12.7. The first kappa shape index (κ1) is 14.9. The van der Waals surface area contributed by atoms with Gasteiger partial charge in [-0.25, -0.2) is 4.79 Å². The number of nitrogens with zero attached hydrogens (tertiary/aromatic N) is 1. The molecule has 5 nitrogen and oxygen atoms in total. The third kappa shape index (κ3) is 2.69. The SMILES string of the molecule is CC(c1cccc(Cl)c1Cl)N(C(=O)O)C1CCNC1=O. The molecule has 1 heterocycles. The number of amides is 2. The molecule has 0 spiro atoms. The highest BCUT2D eigenvalue weighted by Gasteiger charge is 2.37. The van der Waals surface area contributed by atoms with Gasteiger partial charge in [0.05, 0.1) is 16.1 Å². The van der Waals surface area contributed by atoms with Crippen molar-refractivity contribution in [2.45, 2.75) is 25.4 Å². The average Bonchev–Trinajstić information content (AvgIpc) is 2.79. The molecule has 0 aliphatic carbocycles. The Balaban J connectivity index is 2.36. The third-order valence-electron chi connectivity index (χ3n) is 3.43. The number of halogens is 2. The second kappa shape index (κ2) is 5.89. The van der Waals surface area contributed by atoms with Gasteiger partial charge < -0.3 is 10.4 Å². The Kier molecular flexibility index (Phi) is 4.40. The molecule has 1 aliphatic rings. The van der Waals surface area contributed by atoms with Crippen LogP contribution in [0.1, 0.15) is 24.9 Å². The Bertz CT molecular complexity index is 550. The number of carbonyl (C=O) groups excluding carboxylic acids is 1. The van der Waals surface area contributed by atoms with Gasteiger partial charge in [0.15, 0.2) is 0 Å². The first-order valence-corrected chi connectivity index (χ1v) is 6.92. The van der Waals surface area contributed by atoms with Crippen LogP contribution in [0.3, 0.4) is 0 Å². The Morgan fingerprint density at radius 2 is 2.20 bits per heavy atom. The molecule has 0 bridgehead atoms. The van der Waals surface area contributed by atoms with Crippen molar-refractivity contribution in [2.24, 2.45) is 0 Å². The molecule has 20 heavy (non-hydrogen) atoms. The maximum atomic E-state index is 11.7. The minimum atomic E-state index is -1.16. The van der Waals surface area contributed by atoms with E-state index in [1.165, 1.54) is 0 Å². The number of rotatable bonds is 3. The molecule has 1 aromatic carbocycles. The van der Waals surface area contributed by atoms with Crippen molar-refractivity contribution in [3.05, 3.63) is 33.8 Å². The van der Waals surface area contributed by atoms with Crippen molar-refractivity contribution in [1.82, 2.24) is 10.2 Å². The highest BCUT2D eigenvalue weighted by atomic mass is 35.5. The van der Waals surface area contributed by atoms with Crippen molar-refractivity contribution >= 4 is 35.2 Å². The number of carboxylic acid groups (broad SMARTS) is 1. The van der Waals surface area contributed by atoms with E-state index >= 15 is 0 Å². The van der Waals surface area contributed by atoms with Crippen molar-refractivity contribution in [2.75, 3.05) is 6.54 Å². The van der Waals surface area contributed by atoms with E-state index in [0.717, 1.165) is 4.90 Å². The second-order valence-corrected chi connectivity index (χ2v) is 5.39. The van der Waals surface area contributed by atoms with Gasteiger partial charge >= 0.3 is 6.09 Å². The molecule has 2 rings (SSSR count). The van der Waals surface area contributed by atoms with Crippen molar-refractivity contribution in [1.29, 1.82) is 0 Å². The van der Waals surface area contributed by atoms with Crippen molar-refractivity contribution in [3.63, 3.8) is 0 Å². The molecule has 7 heteroatoms. The molecule has 0 saturated carbocycles. The number of benzene rings is 1. The van der Waals surface area contributed by atoms with Crippen LogP contribution in [-0.4, -0.2) is 34.6 Å². The molecule has 1 saturated heterocycles. The first-order valence-electron chi connectivity index (χ1n) is 6.16. The Morgan fingerprint density at radius 1 is 1.50 bits per heavy atom. The smallest absolute Gasteiger partial charge is 0.408 e. The summed E-state index contributed by atoms with van der Waals surface area (Å²) in [6.45, 7) is 2.17. The zero-order valence-corrected chi connectivity index (χ0v) is 12.3. The standard InChI is InChI=1S/C13H14Cl2N2O3/c1-7(8-3-2-4-9(14)11(8)15)17(13(19)20)10-5-6-16-12(10)18/h2-4,7,10H,5-6H2,1H3,(H,16,18)(H,19,20). The summed E-state index contributed by atoms with van der Waals surface area (Å²) < 4.78 is 0. The summed E-state index contributed by atoms with van der Waals surface area (Å²) in [7, 11) is 0. The fraction of sp³-hybridized carbons (Fsp3) is 0.385. The van der Waals surface area contributed by atoms with E-state index in [4.69, 9.17) is 23.2 Å². The quantitative estimate of drug-likeness (QED) is 0.900. The second-order valence-electron chi connectivity index (χ2n) is 4.60. The summed E-state index contributed by atoms with van der Waals surface area (Å²) in [5.74, 6) is -0.280. The highest BCUT2D eigenvalue weighted by molar-refractivity contribution is 6.42. The maximum absolute atomic E-state index is 11.7. The molecular weight excluding hydrogens is 303 g/mol. The maximum Gasteiger partial charge on any atom is 0.408 e. The highest BCUT2D eigenvalue weighted by Crippen LogP contribution is 2.34. The van der Waals surface area contributed by atoms with Gasteiger partial charge in [-0.2, -0.15) is 0 Å². The first-order chi connectivity index (χ1) is 9.43. The molecule has 108 valence electrons. The Morgan fingerprint density at radius 3 is 2.75 bits per heavy atom. The minimum Gasteiger partial charge on any atom is -0.465 e. The van der Waals surface area contributed by atoms with Gasteiger partial charge in [0.1, 0.15) is 6.04 Å². The zero-order chi connectivity index (χ0) is 14.9. The van der Waals surface area contributed by atoms with Crippen LogP contribution >= 0.6 is 23.2 Å². The molecular formula is C13H14Cl2N2O3. The monoisotopic (exact) mass is 316 g/mol. The predicted molar refractivity (Wildman–Crippen MR) is 76.2 cm³/mol. The van der Waals surface area contributed by atoms with Crippen molar-refractivity contribution in [3.8, 4) is 0 Å². The van der Waals surface area contributed by atoms with Crippen molar-refractivity contribution < 1.29 is 14.7 Å². The van der Waals surface area contributed by atoms with E-state index in [1.807, 2.05) is 0 Å². The average molecular weight is 317 g/mol. The number of hydrogen-bond acceptors (Lipinski definition) is 2. The van der Waals surface area contributed by atoms with Gasteiger partial charge in [0.2, 0.25) is 5.91 Å². The van der Waals surface area contributed by atoms with Gasteiger partial charge in [0, 0.05) is 6.54 Å². The molecule has 2 atom stereocenters. The van der Waals surface area contributed by atoms with Gasteiger partial charge in [-0.1, -0.05) is 35.3 Å². The van der Waals surface area contributed by atoms with Gasteiger partial charge in [-0.05, 0) is 25.0 Å². The Hall–Kier alpha value is -1.46. The lowest BCUT2D eigenvalue weighted by atomic mass is 10.0. The summed E-state index contributed by atoms with van der Waals surface area (Å²) in [6.07, 6.45) is -0.705. The third-order valence-corrected chi connectivity index (χ3v) is 4.26. The van der Waals surface area contributed by atoms with Gasteiger partial charge in [0.25, 0.3) is 0 Å². The number of carbonyl (C=O) groups is 2. The van der Waals surface area contributed by atoms with Crippen LogP contribution in [0.5, 0.6) is 0 Å². The number of hydrogen-bond donors (Lipinski definition) is 2. The lowest BCUT2D eigenvalue weighted by molar-refractivity contribution is -0.123. The van der Waals surface area contributed by atoms with Crippen LogP contribution in [0, 0.1) is 0 Å². The fourth-order valence-corrected chi connectivity index (χ4v) is 2.87. The van der Waals surface area contributed by atoms with E-state index in [0.29, 0.717) is 28.6 Å². The molecule has 0 radical (unpaired) electrons. The summed E-state index contributed by atoms with van der Waals surface area (Å²) in [5.41, 5.74) is 0.585. The molecule has 1 aromatic rings. The summed E-state index contributed by atoms with van der Waals surface area (Å²) >= 11 is 12.1. The van der Waals surface area contributed by atoms with Gasteiger partial charge in [-0.15, -0.1) is 0 Å². The molecule has 2 unspecified atom stereocenters. The van der Waals surface area contributed by atoms with Crippen LogP contribution in [0.4, 0.5) is 4.79 Å². The van der Waals surface area contributed by atoms with Crippen LogP contribution in [0.25, 0.3) is 0 Å². The number of nitrogens with one attached hydrogen (secondary N) is 1. The molecule has 2 amide bonds. The largest absolute Gasteiger partial charge is 0.465 e. The van der Waals surface area contributed by atoms with E-state index in [9.17, 15) is 14.7 Å². The predicted octanol–water partition coefficient (Wildman–Crippen LogP) is 2.92. The zero-order valence-electron chi connectivity index (χ0n) is 10.8. The van der Waals surface area contributed by atoms with Crippen LogP contribution < -0.4 is 5.32 Å². The normalized spacial score (nSPS) is 19.6. The van der Waals surface area contributed by atoms with E-state index in [1.54, 1.807) is 25.1 Å². The summed E-state index contributed by atoms with van der Waals surface area (Å²) in [6, 6.07) is 3.79. The van der Waals surface area contributed by atoms with Gasteiger partial charge in [-0.3, -0.25) is 9.69 Å². The minimum absolute atomic E-state index is 0.280. The van der Waals surface area contributed by atoms with Crippen LogP contribution in [0.2, 0.25) is 10.0 Å². The molecule has 0 aromatic heterocycles. The Labute approximate surface area is 126 Å². The molecule has 2 N–H and O–H groups in total. The molecule has 1 fully saturated rings. The van der Waals surface area contributed by atoms with Crippen LogP contribution in [-0.2, 0) is 4.79 Å².